The maximum Gasteiger partial charge on any atom is 0.221 e. The monoisotopic (exact) mass is 399 g/mol. The Morgan fingerprint density at radius 2 is 1.69 bits per heavy atom. The normalized spacial score (nSPS) is 15.7. The van der Waals surface area contributed by atoms with Gasteiger partial charge in [0.25, 0.3) is 0 Å². The van der Waals surface area contributed by atoms with Crippen molar-refractivity contribution in [2.75, 3.05) is 32.8 Å². The first-order chi connectivity index (χ1) is 14.0. The zero-order valence-electron chi connectivity index (χ0n) is 16.7. The Morgan fingerprint density at radius 3 is 2.34 bits per heavy atom. The van der Waals surface area contributed by atoms with Crippen molar-refractivity contribution in [1.82, 2.24) is 5.32 Å². The van der Waals surface area contributed by atoms with Crippen molar-refractivity contribution in [2.24, 2.45) is 0 Å². The summed E-state index contributed by atoms with van der Waals surface area (Å²) < 4.78 is 18.4. The molecule has 1 saturated heterocycles. The van der Waals surface area contributed by atoms with Gasteiger partial charge in [0.05, 0.1) is 13.2 Å². The second-order valence-electron chi connectivity index (χ2n) is 7.53. The summed E-state index contributed by atoms with van der Waals surface area (Å²) >= 11 is 0. The van der Waals surface area contributed by atoms with Crippen molar-refractivity contribution in [3.63, 3.8) is 0 Å². The number of morpholine rings is 1. The fourth-order valence-corrected chi connectivity index (χ4v) is 3.48. The van der Waals surface area contributed by atoms with Crippen molar-refractivity contribution < 1.29 is 23.6 Å². The minimum absolute atomic E-state index is 0.0997. The van der Waals surface area contributed by atoms with E-state index in [1.165, 1.54) is 34.7 Å². The highest BCUT2D eigenvalue weighted by Crippen LogP contribution is 2.14. The van der Waals surface area contributed by atoms with Gasteiger partial charge in [-0.15, -0.1) is 0 Å². The first kappa shape index (κ1) is 21.1. The van der Waals surface area contributed by atoms with Gasteiger partial charge < -0.3 is 15.0 Å². The average molecular weight is 399 g/mol. The third kappa shape index (κ3) is 6.48. The van der Waals surface area contributed by atoms with Crippen LogP contribution in [0.2, 0.25) is 0 Å². The van der Waals surface area contributed by atoms with Crippen LogP contribution in [0, 0.1) is 12.7 Å². The number of halogens is 1. The molecule has 2 aromatic carbocycles. The number of hydrogen-bond acceptors (Lipinski definition) is 3. The molecule has 0 aliphatic carbocycles. The molecule has 1 atom stereocenters. The number of hydrogen-bond donors (Lipinski definition) is 2. The van der Waals surface area contributed by atoms with Crippen LogP contribution in [0.3, 0.4) is 0 Å². The van der Waals surface area contributed by atoms with E-state index in [0.717, 1.165) is 38.4 Å². The van der Waals surface area contributed by atoms with Crippen LogP contribution >= 0.6 is 0 Å². The number of ketones is 1. The molecule has 154 valence electrons. The fourth-order valence-electron chi connectivity index (χ4n) is 3.48. The molecule has 3 rings (SSSR count). The number of amides is 1. The predicted molar refractivity (Wildman–Crippen MR) is 108 cm³/mol. The van der Waals surface area contributed by atoms with E-state index in [4.69, 9.17) is 4.74 Å². The SMILES string of the molecule is Cc1ccc([C@H](C[NH+]2CCOCC2)NC(=O)CCC(=O)c2ccc(F)cc2)cc1. The zero-order chi connectivity index (χ0) is 20.6. The lowest BCUT2D eigenvalue weighted by molar-refractivity contribution is -0.909. The molecule has 0 unspecified atom stereocenters. The molecule has 2 aromatic rings. The molecule has 1 fully saturated rings. The van der Waals surface area contributed by atoms with Gasteiger partial charge in [0.1, 0.15) is 31.5 Å². The molecule has 1 amide bonds. The van der Waals surface area contributed by atoms with Gasteiger partial charge in [-0.25, -0.2) is 4.39 Å². The maximum absolute atomic E-state index is 13.0. The average Bonchev–Trinajstić information content (AvgIpc) is 2.73. The zero-order valence-corrected chi connectivity index (χ0v) is 16.7. The minimum Gasteiger partial charge on any atom is -0.370 e. The molecule has 0 spiro atoms. The second kappa shape index (κ2) is 10.3. The quantitative estimate of drug-likeness (QED) is 0.667. The largest absolute Gasteiger partial charge is 0.370 e. The Hall–Kier alpha value is -2.57. The molecular formula is C23H28FN2O3+. The molecule has 2 N–H and O–H groups in total. The summed E-state index contributed by atoms with van der Waals surface area (Å²) in [5.41, 5.74) is 2.65. The van der Waals surface area contributed by atoms with E-state index >= 15 is 0 Å². The second-order valence-corrected chi connectivity index (χ2v) is 7.53. The number of quaternary nitrogens is 1. The van der Waals surface area contributed by atoms with Crippen molar-refractivity contribution in [1.29, 1.82) is 0 Å². The number of ether oxygens (including phenoxy) is 1. The summed E-state index contributed by atoms with van der Waals surface area (Å²) in [6.45, 7) is 6.12. The van der Waals surface area contributed by atoms with E-state index in [9.17, 15) is 14.0 Å². The smallest absolute Gasteiger partial charge is 0.221 e. The highest BCUT2D eigenvalue weighted by molar-refractivity contribution is 5.97. The molecule has 1 aliphatic heterocycles. The van der Waals surface area contributed by atoms with Gasteiger partial charge in [0, 0.05) is 18.4 Å². The Balaban J connectivity index is 1.59. The molecule has 0 bridgehead atoms. The van der Waals surface area contributed by atoms with E-state index in [1.54, 1.807) is 0 Å². The Bertz CT molecular complexity index is 815. The van der Waals surface area contributed by atoms with Gasteiger partial charge in [-0.1, -0.05) is 29.8 Å². The predicted octanol–water partition coefficient (Wildman–Crippen LogP) is 1.87. The molecule has 1 heterocycles. The van der Waals surface area contributed by atoms with Crippen LogP contribution in [0.15, 0.2) is 48.5 Å². The molecule has 6 heteroatoms. The van der Waals surface area contributed by atoms with E-state index in [2.05, 4.69) is 5.32 Å². The molecular weight excluding hydrogens is 371 g/mol. The molecule has 29 heavy (non-hydrogen) atoms. The summed E-state index contributed by atoms with van der Waals surface area (Å²) in [7, 11) is 0. The number of Topliss-reactive ketones (excluding diaryl/α,β-unsaturated/α-hetero) is 1. The summed E-state index contributed by atoms with van der Waals surface area (Å²) in [4.78, 5) is 26.2. The van der Waals surface area contributed by atoms with Gasteiger partial charge in [-0.05, 0) is 36.8 Å². The van der Waals surface area contributed by atoms with E-state index < -0.39 is 0 Å². The number of rotatable bonds is 8. The van der Waals surface area contributed by atoms with Crippen molar-refractivity contribution in [3.05, 3.63) is 71.0 Å². The van der Waals surface area contributed by atoms with E-state index in [0.29, 0.717) is 5.56 Å². The summed E-state index contributed by atoms with van der Waals surface area (Å²) in [6.07, 6.45) is 0.208. The van der Waals surface area contributed by atoms with E-state index in [1.807, 2.05) is 31.2 Å². The van der Waals surface area contributed by atoms with Gasteiger partial charge >= 0.3 is 0 Å². The summed E-state index contributed by atoms with van der Waals surface area (Å²) in [5, 5.41) is 3.10. The van der Waals surface area contributed by atoms with Crippen molar-refractivity contribution in [3.8, 4) is 0 Å². The number of carbonyl (C=O) groups is 2. The molecule has 5 nitrogen and oxygen atoms in total. The molecule has 0 saturated carbocycles. The van der Waals surface area contributed by atoms with Gasteiger partial charge in [-0.2, -0.15) is 0 Å². The third-order valence-corrected chi connectivity index (χ3v) is 5.25. The van der Waals surface area contributed by atoms with Crippen LogP contribution in [0.1, 0.15) is 40.4 Å². The van der Waals surface area contributed by atoms with Gasteiger partial charge in [0.15, 0.2) is 5.78 Å². The van der Waals surface area contributed by atoms with E-state index in [-0.39, 0.29) is 36.4 Å². The van der Waals surface area contributed by atoms with Crippen LogP contribution in [-0.2, 0) is 9.53 Å². The van der Waals surface area contributed by atoms with Crippen LogP contribution in [0.4, 0.5) is 4.39 Å². The number of benzene rings is 2. The lowest BCUT2D eigenvalue weighted by Gasteiger charge is -2.28. The highest BCUT2D eigenvalue weighted by Gasteiger charge is 2.23. The summed E-state index contributed by atoms with van der Waals surface area (Å²) in [6, 6.07) is 13.5. The van der Waals surface area contributed by atoms with Gasteiger partial charge in [-0.3, -0.25) is 9.59 Å². The number of nitrogens with one attached hydrogen (secondary N) is 2. The third-order valence-electron chi connectivity index (χ3n) is 5.25. The maximum atomic E-state index is 13.0. The Labute approximate surface area is 170 Å². The lowest BCUT2D eigenvalue weighted by Crippen LogP contribution is -3.14. The van der Waals surface area contributed by atoms with Crippen LogP contribution in [0.5, 0.6) is 0 Å². The number of aryl methyl sites for hydroxylation is 1. The summed E-state index contributed by atoms with van der Waals surface area (Å²) in [5.74, 6) is -0.699. The van der Waals surface area contributed by atoms with Gasteiger partial charge in [0.2, 0.25) is 5.91 Å². The Morgan fingerprint density at radius 1 is 1.03 bits per heavy atom. The topological polar surface area (TPSA) is 59.8 Å². The number of carbonyl (C=O) groups excluding carboxylic acids is 2. The first-order valence-electron chi connectivity index (χ1n) is 10.1. The minimum atomic E-state index is -0.383. The lowest BCUT2D eigenvalue weighted by atomic mass is 10.0. The molecule has 0 aromatic heterocycles. The molecule has 0 radical (unpaired) electrons. The van der Waals surface area contributed by atoms with Crippen LogP contribution < -0.4 is 10.2 Å². The molecule has 1 aliphatic rings. The fraction of sp³-hybridized carbons (Fsp3) is 0.391. The first-order valence-corrected chi connectivity index (χ1v) is 10.1. The van der Waals surface area contributed by atoms with Crippen LogP contribution in [-0.4, -0.2) is 44.5 Å². The highest BCUT2D eigenvalue weighted by atomic mass is 19.1. The standard InChI is InChI=1S/C23H27FN2O3/c1-17-2-4-18(5-3-17)21(16-26-12-14-29-15-13-26)25-23(28)11-10-22(27)19-6-8-20(24)9-7-19/h2-9,21H,10-16H2,1H3,(H,25,28)/p+1/t21-/m0/s1. The van der Waals surface area contributed by atoms with Crippen LogP contribution in [0.25, 0.3) is 0 Å². The Kier molecular flexibility index (Phi) is 7.49. The van der Waals surface area contributed by atoms with Crippen molar-refractivity contribution in [2.45, 2.75) is 25.8 Å². The van der Waals surface area contributed by atoms with Crippen molar-refractivity contribution >= 4 is 11.7 Å².